The number of hydrogen-bond acceptors (Lipinski definition) is 7. The first kappa shape index (κ1) is 23.1. The van der Waals surface area contributed by atoms with Gasteiger partial charge in [0, 0.05) is 30.7 Å². The molecule has 0 spiro atoms. The molecule has 1 saturated heterocycles. The van der Waals surface area contributed by atoms with Crippen LogP contribution in [0.2, 0.25) is 0 Å². The van der Waals surface area contributed by atoms with Crippen LogP contribution in [0, 0.1) is 18.6 Å². The first-order valence-corrected chi connectivity index (χ1v) is 11.6. The Labute approximate surface area is 202 Å². The van der Waals surface area contributed by atoms with Gasteiger partial charge >= 0.3 is 0 Å². The van der Waals surface area contributed by atoms with E-state index in [0.717, 1.165) is 25.0 Å². The zero-order chi connectivity index (χ0) is 24.9. The molecule has 1 N–H and O–H groups in total. The molecule has 182 valence electrons. The predicted molar refractivity (Wildman–Crippen MR) is 133 cm³/mol. The van der Waals surface area contributed by atoms with Gasteiger partial charge in [-0.15, -0.1) is 0 Å². The Morgan fingerprint density at radius 1 is 1.03 bits per heavy atom. The van der Waals surface area contributed by atoms with E-state index in [4.69, 9.17) is 0 Å². The van der Waals surface area contributed by atoms with Crippen LogP contribution in [0.1, 0.15) is 25.7 Å². The summed E-state index contributed by atoms with van der Waals surface area (Å²) in [5.41, 5.74) is 2.21. The van der Waals surface area contributed by atoms with Crippen molar-refractivity contribution in [2.45, 2.75) is 32.9 Å². The van der Waals surface area contributed by atoms with E-state index in [9.17, 15) is 8.78 Å². The Balaban J connectivity index is 1.41. The van der Waals surface area contributed by atoms with Crippen molar-refractivity contribution >= 4 is 28.5 Å². The van der Waals surface area contributed by atoms with Gasteiger partial charge < -0.3 is 19.7 Å². The van der Waals surface area contributed by atoms with E-state index in [1.54, 1.807) is 12.3 Å². The van der Waals surface area contributed by atoms with Gasteiger partial charge in [-0.2, -0.15) is 0 Å². The Kier molecular flexibility index (Phi) is 5.84. The van der Waals surface area contributed by atoms with E-state index in [1.807, 2.05) is 37.5 Å². The second kappa shape index (κ2) is 8.84. The Bertz CT molecular complexity index is 1370. The van der Waals surface area contributed by atoms with Gasteiger partial charge in [-0.05, 0) is 59.1 Å². The molecule has 0 radical (unpaired) electrons. The monoisotopic (exact) mass is 478 g/mol. The molecule has 3 aromatic heterocycles. The van der Waals surface area contributed by atoms with Crippen LogP contribution in [-0.2, 0) is 0 Å². The number of benzene rings is 1. The van der Waals surface area contributed by atoms with Crippen LogP contribution in [0.25, 0.3) is 22.3 Å². The molecule has 0 bridgehead atoms. The average molecular weight is 479 g/mol. The molecule has 0 atom stereocenters. The fourth-order valence-corrected chi connectivity index (χ4v) is 4.44. The van der Waals surface area contributed by atoms with Crippen LogP contribution < -0.4 is 10.2 Å². The molecule has 1 fully saturated rings. The summed E-state index contributed by atoms with van der Waals surface area (Å²) in [6, 6.07) is 7.40. The molecule has 0 amide bonds. The van der Waals surface area contributed by atoms with Crippen LogP contribution in [0.15, 0.2) is 36.7 Å². The van der Waals surface area contributed by atoms with Crippen LogP contribution in [0.3, 0.4) is 0 Å². The molecule has 8 nitrogen and oxygen atoms in total. The SMILES string of the molecule is Cc1nc2c(F)cc(-c3nc(Nc4ccc(N5CC(N(C)C)C5)cn4)ncc3F)cc2n1C(C)C. The first-order chi connectivity index (χ1) is 16.7. The molecule has 0 unspecified atom stereocenters. The highest BCUT2D eigenvalue weighted by atomic mass is 19.1. The summed E-state index contributed by atoms with van der Waals surface area (Å²) in [5.74, 6) is 0.241. The minimum Gasteiger partial charge on any atom is -0.367 e. The molecule has 0 saturated carbocycles. The molecular formula is C25H28F2N8. The highest BCUT2D eigenvalue weighted by Gasteiger charge is 2.28. The Hall–Kier alpha value is -3.66. The second-order valence-corrected chi connectivity index (χ2v) is 9.39. The van der Waals surface area contributed by atoms with Crippen molar-refractivity contribution in [3.8, 4) is 11.3 Å². The summed E-state index contributed by atoms with van der Waals surface area (Å²) in [4.78, 5) is 21.6. The van der Waals surface area contributed by atoms with Crippen LogP contribution in [0.4, 0.5) is 26.2 Å². The van der Waals surface area contributed by atoms with E-state index in [-0.39, 0.29) is 23.2 Å². The first-order valence-electron chi connectivity index (χ1n) is 11.6. The Morgan fingerprint density at radius 2 is 1.80 bits per heavy atom. The summed E-state index contributed by atoms with van der Waals surface area (Å²) in [7, 11) is 4.16. The Morgan fingerprint density at radius 3 is 2.46 bits per heavy atom. The zero-order valence-corrected chi connectivity index (χ0v) is 20.4. The quantitative estimate of drug-likeness (QED) is 0.436. The van der Waals surface area contributed by atoms with Gasteiger partial charge in [0.25, 0.3) is 0 Å². The maximum Gasteiger partial charge on any atom is 0.229 e. The van der Waals surface area contributed by atoms with Gasteiger partial charge in [0.1, 0.15) is 22.9 Å². The highest BCUT2D eigenvalue weighted by molar-refractivity contribution is 5.83. The second-order valence-electron chi connectivity index (χ2n) is 9.39. The van der Waals surface area contributed by atoms with Gasteiger partial charge in [-0.1, -0.05) is 0 Å². The zero-order valence-electron chi connectivity index (χ0n) is 20.4. The molecule has 0 aliphatic carbocycles. The number of likely N-dealkylation sites (N-methyl/N-ethyl adjacent to an activating group) is 1. The molecule has 1 aromatic carbocycles. The lowest BCUT2D eigenvalue weighted by atomic mass is 10.1. The molecule has 35 heavy (non-hydrogen) atoms. The number of aromatic nitrogens is 5. The normalized spacial score (nSPS) is 14.3. The summed E-state index contributed by atoms with van der Waals surface area (Å²) < 4.78 is 31.6. The molecule has 5 rings (SSSR count). The van der Waals surface area contributed by atoms with E-state index >= 15 is 0 Å². The number of anilines is 3. The van der Waals surface area contributed by atoms with Gasteiger partial charge in [0.05, 0.1) is 23.6 Å². The maximum absolute atomic E-state index is 14.9. The molecule has 10 heteroatoms. The van der Waals surface area contributed by atoms with Gasteiger partial charge in [0.2, 0.25) is 5.95 Å². The van der Waals surface area contributed by atoms with E-state index in [1.165, 1.54) is 6.07 Å². The number of fused-ring (bicyclic) bond motifs is 1. The van der Waals surface area contributed by atoms with Crippen molar-refractivity contribution in [2.75, 3.05) is 37.4 Å². The summed E-state index contributed by atoms with van der Waals surface area (Å²) in [5, 5.41) is 3.02. The van der Waals surface area contributed by atoms with Crippen molar-refractivity contribution in [2.24, 2.45) is 0 Å². The number of hydrogen-bond donors (Lipinski definition) is 1. The van der Waals surface area contributed by atoms with E-state index < -0.39 is 11.6 Å². The standard InChI is InChI=1S/C25H28F2N8/c1-14(2)35-15(3)30-24-19(26)8-16(9-21(24)35)23-20(27)11-29-25(32-23)31-22-7-6-17(10-28-22)34-12-18(13-34)33(4)5/h6-11,14,18H,12-13H2,1-5H3,(H,28,29,31,32). The van der Waals surface area contributed by atoms with Crippen molar-refractivity contribution in [3.63, 3.8) is 0 Å². The predicted octanol–water partition coefficient (Wildman–Crippen LogP) is 4.55. The fourth-order valence-electron chi connectivity index (χ4n) is 4.44. The van der Waals surface area contributed by atoms with Crippen molar-refractivity contribution in [3.05, 3.63) is 54.1 Å². The lowest BCUT2D eigenvalue weighted by molar-refractivity contribution is 0.247. The lowest BCUT2D eigenvalue weighted by Gasteiger charge is -2.44. The van der Waals surface area contributed by atoms with Gasteiger partial charge in [-0.25, -0.2) is 28.7 Å². The number of nitrogens with zero attached hydrogens (tertiary/aromatic N) is 7. The third-order valence-corrected chi connectivity index (χ3v) is 6.40. The fraction of sp³-hybridized carbons (Fsp3) is 0.360. The smallest absolute Gasteiger partial charge is 0.229 e. The largest absolute Gasteiger partial charge is 0.367 e. The minimum atomic E-state index is -0.641. The maximum atomic E-state index is 14.9. The van der Waals surface area contributed by atoms with Crippen LogP contribution in [0.5, 0.6) is 0 Å². The number of aryl methyl sites for hydroxylation is 1. The minimum absolute atomic E-state index is 0.00406. The summed E-state index contributed by atoms with van der Waals surface area (Å²) >= 11 is 0. The number of nitrogens with one attached hydrogen (secondary N) is 1. The van der Waals surface area contributed by atoms with Crippen LogP contribution >= 0.6 is 0 Å². The van der Waals surface area contributed by atoms with Gasteiger partial charge in [0.15, 0.2) is 11.6 Å². The molecule has 4 heterocycles. The van der Waals surface area contributed by atoms with E-state index in [2.05, 4.69) is 49.1 Å². The van der Waals surface area contributed by atoms with Crippen molar-refractivity contribution in [1.29, 1.82) is 0 Å². The van der Waals surface area contributed by atoms with Crippen LogP contribution in [-0.4, -0.2) is 62.6 Å². The number of halogens is 2. The number of imidazole rings is 1. The van der Waals surface area contributed by atoms with Crippen molar-refractivity contribution < 1.29 is 8.78 Å². The molecule has 4 aromatic rings. The third kappa shape index (κ3) is 4.29. The summed E-state index contributed by atoms with van der Waals surface area (Å²) in [6.45, 7) is 7.73. The third-order valence-electron chi connectivity index (χ3n) is 6.40. The lowest BCUT2D eigenvalue weighted by Crippen LogP contribution is -2.57. The van der Waals surface area contributed by atoms with E-state index in [0.29, 0.717) is 28.8 Å². The topological polar surface area (TPSA) is 75.0 Å². The van der Waals surface area contributed by atoms with Gasteiger partial charge in [-0.3, -0.25) is 0 Å². The molecule has 1 aliphatic heterocycles. The average Bonchev–Trinajstić information content (AvgIpc) is 3.11. The summed E-state index contributed by atoms with van der Waals surface area (Å²) in [6.07, 6.45) is 2.87. The number of rotatable bonds is 6. The molecule has 1 aliphatic rings. The highest BCUT2D eigenvalue weighted by Crippen LogP contribution is 2.30. The molecular weight excluding hydrogens is 450 g/mol. The van der Waals surface area contributed by atoms with Crippen molar-refractivity contribution in [1.82, 2.24) is 29.4 Å². The number of pyridine rings is 1.